The summed E-state index contributed by atoms with van der Waals surface area (Å²) in [6, 6.07) is 5.87. The standard InChI is InChI=1S/C10H12N2O4.ClH/c1-11-6-10(13)16-7-8-2-4-9(5-3-8)12(14)15;/h2-5,11H,6-7H2,1H3;1H. The number of rotatable bonds is 5. The van der Waals surface area contributed by atoms with Gasteiger partial charge in [-0.2, -0.15) is 0 Å². The lowest BCUT2D eigenvalue weighted by Crippen LogP contribution is -2.20. The summed E-state index contributed by atoms with van der Waals surface area (Å²) < 4.78 is 4.90. The fraction of sp³-hybridized carbons (Fsp3) is 0.300. The van der Waals surface area contributed by atoms with E-state index in [0.29, 0.717) is 0 Å². The average Bonchev–Trinajstić information content (AvgIpc) is 2.27. The molecule has 1 rings (SSSR count). The van der Waals surface area contributed by atoms with E-state index in [4.69, 9.17) is 4.74 Å². The van der Waals surface area contributed by atoms with Crippen LogP contribution in [0, 0.1) is 10.1 Å². The number of nitro benzene ring substituents is 1. The van der Waals surface area contributed by atoms with E-state index >= 15 is 0 Å². The lowest BCUT2D eigenvalue weighted by atomic mass is 10.2. The van der Waals surface area contributed by atoms with Crippen molar-refractivity contribution in [2.75, 3.05) is 13.6 Å². The summed E-state index contributed by atoms with van der Waals surface area (Å²) in [6.07, 6.45) is 0. The number of esters is 1. The third kappa shape index (κ3) is 5.28. The molecule has 1 N–H and O–H groups in total. The highest BCUT2D eigenvalue weighted by Crippen LogP contribution is 2.12. The van der Waals surface area contributed by atoms with Crippen molar-refractivity contribution < 1.29 is 14.5 Å². The molecule has 6 nitrogen and oxygen atoms in total. The summed E-state index contributed by atoms with van der Waals surface area (Å²) in [7, 11) is 1.65. The van der Waals surface area contributed by atoms with Gasteiger partial charge in [-0.1, -0.05) is 0 Å². The summed E-state index contributed by atoms with van der Waals surface area (Å²) in [5.74, 6) is -0.360. The van der Waals surface area contributed by atoms with Gasteiger partial charge < -0.3 is 10.1 Å². The van der Waals surface area contributed by atoms with Crippen molar-refractivity contribution >= 4 is 24.1 Å². The number of carbonyl (C=O) groups excluding carboxylic acids is 1. The quantitative estimate of drug-likeness (QED) is 0.490. The molecule has 1 aromatic rings. The first-order valence-electron chi connectivity index (χ1n) is 4.67. The number of halogens is 1. The van der Waals surface area contributed by atoms with Gasteiger partial charge in [0, 0.05) is 12.1 Å². The van der Waals surface area contributed by atoms with E-state index in [2.05, 4.69) is 5.32 Å². The van der Waals surface area contributed by atoms with Gasteiger partial charge in [0.15, 0.2) is 0 Å². The van der Waals surface area contributed by atoms with Crippen LogP contribution < -0.4 is 5.32 Å². The van der Waals surface area contributed by atoms with Crippen LogP contribution in [0.2, 0.25) is 0 Å². The molecule has 0 heterocycles. The number of carbonyl (C=O) groups is 1. The van der Waals surface area contributed by atoms with Crippen molar-refractivity contribution in [1.82, 2.24) is 5.32 Å². The maximum absolute atomic E-state index is 11.0. The Hall–Kier alpha value is -1.66. The van der Waals surface area contributed by atoms with Crippen LogP contribution in [0.5, 0.6) is 0 Å². The Morgan fingerprint density at radius 3 is 2.47 bits per heavy atom. The first kappa shape index (κ1) is 15.3. The van der Waals surface area contributed by atoms with E-state index in [1.807, 2.05) is 0 Å². The molecule has 17 heavy (non-hydrogen) atoms. The molecule has 0 aliphatic carbocycles. The number of benzene rings is 1. The van der Waals surface area contributed by atoms with Crippen LogP contribution in [0.3, 0.4) is 0 Å². The number of non-ortho nitro benzene ring substituents is 1. The molecule has 0 saturated heterocycles. The highest BCUT2D eigenvalue weighted by molar-refractivity contribution is 5.85. The molecule has 0 radical (unpaired) electrons. The predicted molar refractivity (Wildman–Crippen MR) is 64.1 cm³/mol. The van der Waals surface area contributed by atoms with Crippen molar-refractivity contribution in [1.29, 1.82) is 0 Å². The number of nitrogens with one attached hydrogen (secondary N) is 1. The second-order valence-electron chi connectivity index (χ2n) is 3.11. The van der Waals surface area contributed by atoms with E-state index in [-0.39, 0.29) is 37.2 Å². The topological polar surface area (TPSA) is 81.5 Å². The van der Waals surface area contributed by atoms with Gasteiger partial charge in [0.1, 0.15) is 6.61 Å². The molecular formula is C10H13ClN2O4. The highest BCUT2D eigenvalue weighted by atomic mass is 35.5. The van der Waals surface area contributed by atoms with Gasteiger partial charge in [0.25, 0.3) is 5.69 Å². The Labute approximate surface area is 105 Å². The van der Waals surface area contributed by atoms with Crippen LogP contribution in [0.25, 0.3) is 0 Å². The van der Waals surface area contributed by atoms with Gasteiger partial charge in [-0.05, 0) is 24.7 Å². The molecule has 0 saturated carbocycles. The number of ether oxygens (including phenoxy) is 1. The number of nitro groups is 1. The molecule has 94 valence electrons. The predicted octanol–water partition coefficient (Wildman–Crippen LogP) is 1.28. The molecule has 0 unspecified atom stereocenters. The largest absolute Gasteiger partial charge is 0.460 e. The summed E-state index contributed by atoms with van der Waals surface area (Å²) >= 11 is 0. The zero-order valence-electron chi connectivity index (χ0n) is 9.21. The molecule has 0 aromatic heterocycles. The number of nitrogens with zero attached hydrogens (tertiary/aromatic N) is 1. The maximum Gasteiger partial charge on any atom is 0.320 e. The minimum absolute atomic E-state index is 0. The van der Waals surface area contributed by atoms with Gasteiger partial charge in [0.05, 0.1) is 11.5 Å². The summed E-state index contributed by atoms with van der Waals surface area (Å²) in [4.78, 5) is 20.9. The number of likely N-dealkylation sites (N-methyl/N-ethyl adjacent to an activating group) is 1. The van der Waals surface area contributed by atoms with Crippen LogP contribution in [0.1, 0.15) is 5.56 Å². The molecule has 0 amide bonds. The summed E-state index contributed by atoms with van der Waals surface area (Å²) in [6.45, 7) is 0.269. The van der Waals surface area contributed by atoms with Gasteiger partial charge in [0.2, 0.25) is 0 Å². The van der Waals surface area contributed by atoms with E-state index in [0.717, 1.165) is 5.56 Å². The molecule has 0 bridgehead atoms. The van der Waals surface area contributed by atoms with E-state index in [9.17, 15) is 14.9 Å². The number of hydrogen-bond donors (Lipinski definition) is 1. The third-order valence-electron chi connectivity index (χ3n) is 1.87. The zero-order valence-corrected chi connectivity index (χ0v) is 10.0. The van der Waals surface area contributed by atoms with Crippen LogP contribution in [-0.4, -0.2) is 24.5 Å². The molecule has 0 aliphatic rings. The summed E-state index contributed by atoms with van der Waals surface area (Å²) in [5.41, 5.74) is 0.736. The Morgan fingerprint density at radius 1 is 1.41 bits per heavy atom. The van der Waals surface area contributed by atoms with E-state index in [1.165, 1.54) is 12.1 Å². The SMILES string of the molecule is CNCC(=O)OCc1ccc([N+](=O)[O-])cc1.Cl. The summed E-state index contributed by atoms with van der Waals surface area (Å²) in [5, 5.41) is 13.0. The molecule has 0 fully saturated rings. The van der Waals surface area contributed by atoms with Crippen LogP contribution in [0.15, 0.2) is 24.3 Å². The Kier molecular flexibility index (Phi) is 6.85. The zero-order chi connectivity index (χ0) is 12.0. The van der Waals surface area contributed by atoms with Crippen molar-refractivity contribution in [3.8, 4) is 0 Å². The smallest absolute Gasteiger partial charge is 0.320 e. The number of hydrogen-bond acceptors (Lipinski definition) is 5. The fourth-order valence-electron chi connectivity index (χ4n) is 1.07. The van der Waals surface area contributed by atoms with Gasteiger partial charge in [-0.15, -0.1) is 12.4 Å². The minimum atomic E-state index is -0.475. The van der Waals surface area contributed by atoms with Crippen molar-refractivity contribution in [2.24, 2.45) is 0 Å². The first-order chi connectivity index (χ1) is 7.63. The Balaban J connectivity index is 0.00000256. The molecule has 0 atom stereocenters. The first-order valence-corrected chi connectivity index (χ1v) is 4.67. The van der Waals surface area contributed by atoms with Crippen LogP contribution in [0.4, 0.5) is 5.69 Å². The highest BCUT2D eigenvalue weighted by Gasteiger charge is 2.05. The maximum atomic E-state index is 11.0. The van der Waals surface area contributed by atoms with E-state index in [1.54, 1.807) is 19.2 Å². The second-order valence-corrected chi connectivity index (χ2v) is 3.11. The molecule has 1 aromatic carbocycles. The fourth-order valence-corrected chi connectivity index (χ4v) is 1.07. The molecular weight excluding hydrogens is 248 g/mol. The molecule has 0 spiro atoms. The van der Waals surface area contributed by atoms with E-state index < -0.39 is 4.92 Å². The monoisotopic (exact) mass is 260 g/mol. The van der Waals surface area contributed by atoms with Crippen LogP contribution >= 0.6 is 12.4 Å². The van der Waals surface area contributed by atoms with Crippen molar-refractivity contribution in [2.45, 2.75) is 6.61 Å². The lowest BCUT2D eigenvalue weighted by Gasteiger charge is -2.03. The normalized spacial score (nSPS) is 9.24. The average molecular weight is 261 g/mol. The van der Waals surface area contributed by atoms with Crippen molar-refractivity contribution in [3.05, 3.63) is 39.9 Å². The van der Waals surface area contributed by atoms with Gasteiger partial charge >= 0.3 is 5.97 Å². The van der Waals surface area contributed by atoms with Gasteiger partial charge in [-0.25, -0.2) is 0 Å². The minimum Gasteiger partial charge on any atom is -0.460 e. The van der Waals surface area contributed by atoms with Crippen LogP contribution in [-0.2, 0) is 16.1 Å². The Bertz CT molecular complexity index is 380. The second kappa shape index (κ2) is 7.59. The molecule has 0 aliphatic heterocycles. The molecule has 7 heteroatoms. The van der Waals surface area contributed by atoms with Gasteiger partial charge in [-0.3, -0.25) is 14.9 Å². The Morgan fingerprint density at radius 2 is 2.00 bits per heavy atom. The lowest BCUT2D eigenvalue weighted by molar-refractivity contribution is -0.384. The third-order valence-corrected chi connectivity index (χ3v) is 1.87. The van der Waals surface area contributed by atoms with Crippen molar-refractivity contribution in [3.63, 3.8) is 0 Å².